The normalized spacial score (nSPS) is 16.8. The molecule has 6 nitrogen and oxygen atoms in total. The highest BCUT2D eigenvalue weighted by Gasteiger charge is 2.21. The summed E-state index contributed by atoms with van der Waals surface area (Å²) >= 11 is 0. The predicted molar refractivity (Wildman–Crippen MR) is 100 cm³/mol. The zero-order valence-electron chi connectivity index (χ0n) is 14.2. The Morgan fingerprint density at radius 2 is 1.96 bits per heavy atom. The summed E-state index contributed by atoms with van der Waals surface area (Å²) in [6.45, 7) is 0.822. The molecule has 1 N–H and O–H groups in total. The first-order chi connectivity index (χ1) is 12.6. The summed E-state index contributed by atoms with van der Waals surface area (Å²) in [5, 5.41) is 8.07. The van der Waals surface area contributed by atoms with E-state index in [0.29, 0.717) is 11.6 Å². The fourth-order valence-electron chi connectivity index (χ4n) is 3.39. The van der Waals surface area contributed by atoms with Crippen LogP contribution in [0.2, 0.25) is 0 Å². The van der Waals surface area contributed by atoms with Gasteiger partial charge in [0.05, 0.1) is 5.75 Å². The molecule has 0 radical (unpaired) electrons. The van der Waals surface area contributed by atoms with Crippen LogP contribution < -0.4 is 4.72 Å². The Kier molecular flexibility index (Phi) is 4.46. The lowest BCUT2D eigenvalue weighted by atomic mass is 9.91. The molecule has 1 aliphatic heterocycles. The van der Waals surface area contributed by atoms with Crippen LogP contribution in [0.5, 0.6) is 0 Å². The third-order valence-electron chi connectivity index (χ3n) is 4.66. The van der Waals surface area contributed by atoms with Crippen molar-refractivity contribution < 1.29 is 8.42 Å². The fourth-order valence-corrected chi connectivity index (χ4v) is 4.58. The molecule has 1 aromatic heterocycles. The van der Waals surface area contributed by atoms with E-state index in [1.807, 2.05) is 42.5 Å². The summed E-state index contributed by atoms with van der Waals surface area (Å²) in [7, 11) is -3.45. The van der Waals surface area contributed by atoms with Gasteiger partial charge in [0.2, 0.25) is 10.0 Å². The molecule has 0 spiro atoms. The van der Waals surface area contributed by atoms with Gasteiger partial charge in [0.25, 0.3) is 0 Å². The Hall–Kier alpha value is -2.67. The highest BCUT2D eigenvalue weighted by molar-refractivity contribution is 7.91. The molecule has 2 aromatic carbocycles. The molecule has 3 aromatic rings. The lowest BCUT2D eigenvalue weighted by molar-refractivity contribution is 0.456. The lowest BCUT2D eigenvalue weighted by Gasteiger charge is -2.23. The monoisotopic (exact) mass is 368 g/mol. The van der Waals surface area contributed by atoms with Gasteiger partial charge in [-0.3, -0.25) is 4.72 Å². The minimum Gasteiger partial charge on any atom is -0.317 e. The summed E-state index contributed by atoms with van der Waals surface area (Å²) in [5.41, 5.74) is 2.50. The summed E-state index contributed by atoms with van der Waals surface area (Å²) in [6.07, 6.45) is 3.63. The SMILES string of the molecule is O=S(=O)(Cc1ccccc1)Nc1cccc([C@@H]2CCc3nncn3C2)c1. The molecular weight excluding hydrogens is 348 g/mol. The highest BCUT2D eigenvalue weighted by atomic mass is 32.2. The van der Waals surface area contributed by atoms with Crippen molar-refractivity contribution in [2.45, 2.75) is 31.1 Å². The van der Waals surface area contributed by atoms with E-state index in [9.17, 15) is 8.42 Å². The van der Waals surface area contributed by atoms with Gasteiger partial charge in [-0.1, -0.05) is 42.5 Å². The Morgan fingerprint density at radius 3 is 2.81 bits per heavy atom. The second-order valence-corrected chi connectivity index (χ2v) is 8.33. The molecule has 1 atom stereocenters. The largest absolute Gasteiger partial charge is 0.317 e. The number of rotatable bonds is 5. The Bertz CT molecular complexity index is 999. The van der Waals surface area contributed by atoms with Crippen LogP contribution in [-0.2, 0) is 28.7 Å². The fraction of sp³-hybridized carbons (Fsp3) is 0.263. The van der Waals surface area contributed by atoms with Crippen molar-refractivity contribution in [2.24, 2.45) is 0 Å². The van der Waals surface area contributed by atoms with Gasteiger partial charge in [0, 0.05) is 24.6 Å². The average Bonchev–Trinajstić information content (AvgIpc) is 3.09. The van der Waals surface area contributed by atoms with Gasteiger partial charge in [-0.15, -0.1) is 10.2 Å². The van der Waals surface area contributed by atoms with Crippen molar-refractivity contribution in [1.82, 2.24) is 14.8 Å². The van der Waals surface area contributed by atoms with Gasteiger partial charge in [-0.25, -0.2) is 8.42 Å². The minimum atomic E-state index is -3.45. The summed E-state index contributed by atoms with van der Waals surface area (Å²) < 4.78 is 29.7. The summed E-state index contributed by atoms with van der Waals surface area (Å²) in [6, 6.07) is 16.9. The Balaban J connectivity index is 1.49. The molecule has 0 unspecified atom stereocenters. The maximum Gasteiger partial charge on any atom is 0.236 e. The molecule has 0 bridgehead atoms. The average molecular weight is 368 g/mol. The van der Waals surface area contributed by atoms with Crippen LogP contribution in [0.3, 0.4) is 0 Å². The first-order valence-corrected chi connectivity index (χ1v) is 10.3. The van der Waals surface area contributed by atoms with Crippen LogP contribution in [0.4, 0.5) is 5.69 Å². The van der Waals surface area contributed by atoms with Gasteiger partial charge >= 0.3 is 0 Å². The third kappa shape index (κ3) is 3.77. The van der Waals surface area contributed by atoms with Crippen LogP contribution in [0.1, 0.15) is 29.3 Å². The number of hydrogen-bond acceptors (Lipinski definition) is 4. The molecule has 0 amide bonds. The van der Waals surface area contributed by atoms with Crippen LogP contribution in [0.25, 0.3) is 0 Å². The highest BCUT2D eigenvalue weighted by Crippen LogP contribution is 2.29. The van der Waals surface area contributed by atoms with Crippen molar-refractivity contribution in [2.75, 3.05) is 4.72 Å². The topological polar surface area (TPSA) is 76.9 Å². The van der Waals surface area contributed by atoms with Crippen molar-refractivity contribution in [1.29, 1.82) is 0 Å². The minimum absolute atomic E-state index is 0.0361. The first kappa shape index (κ1) is 16.8. The molecule has 26 heavy (non-hydrogen) atoms. The molecule has 2 heterocycles. The molecule has 0 saturated carbocycles. The molecule has 4 rings (SSSR count). The number of aromatic nitrogens is 3. The summed E-state index contributed by atoms with van der Waals surface area (Å²) in [4.78, 5) is 0. The quantitative estimate of drug-likeness (QED) is 0.751. The van der Waals surface area contributed by atoms with Gasteiger partial charge < -0.3 is 4.57 Å². The van der Waals surface area contributed by atoms with Crippen LogP contribution in [0.15, 0.2) is 60.9 Å². The van der Waals surface area contributed by atoms with E-state index in [1.54, 1.807) is 12.4 Å². The van der Waals surface area contributed by atoms with E-state index in [-0.39, 0.29) is 5.75 Å². The molecular formula is C19H20N4O2S. The Morgan fingerprint density at radius 1 is 1.12 bits per heavy atom. The molecule has 0 saturated heterocycles. The molecule has 0 aliphatic carbocycles. The van der Waals surface area contributed by atoms with E-state index in [4.69, 9.17) is 0 Å². The third-order valence-corrected chi connectivity index (χ3v) is 5.92. The van der Waals surface area contributed by atoms with Gasteiger partial charge in [0.1, 0.15) is 12.2 Å². The van der Waals surface area contributed by atoms with E-state index in [0.717, 1.165) is 36.3 Å². The van der Waals surface area contributed by atoms with Gasteiger partial charge in [-0.2, -0.15) is 0 Å². The molecule has 1 aliphatic rings. The predicted octanol–water partition coefficient (Wildman–Crippen LogP) is 2.95. The lowest BCUT2D eigenvalue weighted by Crippen LogP contribution is -2.19. The van der Waals surface area contributed by atoms with Crippen LogP contribution >= 0.6 is 0 Å². The first-order valence-electron chi connectivity index (χ1n) is 8.60. The van der Waals surface area contributed by atoms with Crippen molar-refractivity contribution in [3.63, 3.8) is 0 Å². The zero-order chi connectivity index (χ0) is 18.0. The second-order valence-electron chi connectivity index (χ2n) is 6.61. The smallest absolute Gasteiger partial charge is 0.236 e. The van der Waals surface area contributed by atoms with Crippen LogP contribution in [0, 0.1) is 0 Å². The van der Waals surface area contributed by atoms with E-state index >= 15 is 0 Å². The van der Waals surface area contributed by atoms with E-state index in [2.05, 4.69) is 25.6 Å². The number of sulfonamides is 1. The van der Waals surface area contributed by atoms with Crippen LogP contribution in [-0.4, -0.2) is 23.2 Å². The Labute approximate surface area is 153 Å². The number of hydrogen-bond donors (Lipinski definition) is 1. The number of nitrogens with one attached hydrogen (secondary N) is 1. The number of nitrogens with zero attached hydrogens (tertiary/aromatic N) is 3. The molecule has 134 valence electrons. The van der Waals surface area contributed by atoms with Gasteiger partial charge in [0.15, 0.2) is 0 Å². The van der Waals surface area contributed by atoms with Crippen molar-refractivity contribution >= 4 is 15.7 Å². The van der Waals surface area contributed by atoms with Gasteiger partial charge in [-0.05, 0) is 29.7 Å². The maximum absolute atomic E-state index is 12.5. The number of fused-ring (bicyclic) bond motifs is 1. The van der Waals surface area contributed by atoms with Crippen molar-refractivity contribution in [3.05, 3.63) is 77.9 Å². The summed E-state index contributed by atoms with van der Waals surface area (Å²) in [5.74, 6) is 1.31. The standard InChI is InChI=1S/C19H20N4O2S/c24-26(25,13-15-5-2-1-3-6-15)22-18-8-4-7-16(11-18)17-9-10-19-21-20-14-23(19)12-17/h1-8,11,14,17,22H,9-10,12-13H2/t17-/m1/s1. The zero-order valence-corrected chi connectivity index (χ0v) is 15.1. The number of anilines is 1. The van der Waals surface area contributed by atoms with Crippen molar-refractivity contribution in [3.8, 4) is 0 Å². The van der Waals surface area contributed by atoms with E-state index in [1.165, 1.54) is 0 Å². The second kappa shape index (κ2) is 6.92. The maximum atomic E-state index is 12.5. The number of aryl methyl sites for hydroxylation is 1. The molecule has 0 fully saturated rings. The number of benzene rings is 2. The molecule has 7 heteroatoms. The van der Waals surface area contributed by atoms with E-state index < -0.39 is 10.0 Å².